The molecule has 1 fully saturated rings. The zero-order chi connectivity index (χ0) is 22.2. The van der Waals surface area contributed by atoms with Gasteiger partial charge >= 0.3 is 0 Å². The molecule has 3 aromatic rings. The van der Waals surface area contributed by atoms with Gasteiger partial charge in [0.2, 0.25) is 0 Å². The summed E-state index contributed by atoms with van der Waals surface area (Å²) in [6.07, 6.45) is 9.31. The molecule has 0 bridgehead atoms. The van der Waals surface area contributed by atoms with Crippen molar-refractivity contribution in [3.63, 3.8) is 0 Å². The molecule has 4 heteroatoms. The molecule has 0 amide bonds. The van der Waals surface area contributed by atoms with E-state index in [1.807, 2.05) is 12.4 Å². The second-order valence-corrected chi connectivity index (χ2v) is 9.26. The third-order valence-electron chi connectivity index (χ3n) is 6.72. The van der Waals surface area contributed by atoms with Crippen LogP contribution in [-0.4, -0.2) is 21.6 Å². The number of nitrogens with one attached hydrogen (secondary N) is 1. The minimum absolute atomic E-state index is 0.150. The summed E-state index contributed by atoms with van der Waals surface area (Å²) in [5.74, 6) is 0.395. The Bertz CT molecular complexity index is 1070. The molecular formula is C28H36N4. The van der Waals surface area contributed by atoms with Crippen molar-refractivity contribution in [1.29, 1.82) is 0 Å². The molecule has 3 N–H and O–H groups in total. The van der Waals surface area contributed by atoms with E-state index >= 15 is 0 Å². The molecule has 2 atom stereocenters. The number of aromatic nitrogens is 2. The fraction of sp³-hybridized carbons (Fsp3) is 0.393. The molecule has 0 saturated heterocycles. The number of nitrogens with two attached hydrogens (primary N) is 1. The highest BCUT2D eigenvalue weighted by Crippen LogP contribution is 2.36. The van der Waals surface area contributed by atoms with Crippen LogP contribution in [0, 0.1) is 0 Å². The van der Waals surface area contributed by atoms with E-state index < -0.39 is 0 Å². The van der Waals surface area contributed by atoms with Gasteiger partial charge in [0.05, 0.1) is 17.4 Å². The summed E-state index contributed by atoms with van der Waals surface area (Å²) in [5.41, 5.74) is 11.3. The van der Waals surface area contributed by atoms with Crippen LogP contribution in [-0.2, 0) is 6.54 Å². The van der Waals surface area contributed by atoms with E-state index in [0.29, 0.717) is 5.92 Å². The molecule has 4 rings (SSSR count). The highest BCUT2D eigenvalue weighted by Gasteiger charge is 2.31. The summed E-state index contributed by atoms with van der Waals surface area (Å²) in [5, 5.41) is 3.57. The number of hydrogen-bond donors (Lipinski definition) is 2. The van der Waals surface area contributed by atoms with Crippen LogP contribution >= 0.6 is 0 Å². The van der Waals surface area contributed by atoms with Crippen molar-refractivity contribution in [3.05, 3.63) is 84.7 Å². The van der Waals surface area contributed by atoms with Crippen LogP contribution in [0.25, 0.3) is 11.0 Å². The van der Waals surface area contributed by atoms with Gasteiger partial charge in [0.1, 0.15) is 0 Å². The monoisotopic (exact) mass is 428 g/mol. The molecule has 0 spiro atoms. The highest BCUT2D eigenvalue weighted by molar-refractivity contribution is 5.74. The predicted octanol–water partition coefficient (Wildman–Crippen LogP) is 6.43. The van der Waals surface area contributed by atoms with Crippen molar-refractivity contribution < 1.29 is 0 Å². The average molecular weight is 429 g/mol. The summed E-state index contributed by atoms with van der Waals surface area (Å²) in [4.78, 5) is 4.48. The smallest absolute Gasteiger partial charge is 0.0958 e. The van der Waals surface area contributed by atoms with Gasteiger partial charge in [-0.1, -0.05) is 74.2 Å². The van der Waals surface area contributed by atoms with Crippen molar-refractivity contribution >= 4 is 16.7 Å². The van der Waals surface area contributed by atoms with Gasteiger partial charge in [-0.15, -0.1) is 0 Å². The van der Waals surface area contributed by atoms with Gasteiger partial charge in [-0.25, -0.2) is 4.98 Å². The Morgan fingerprint density at radius 1 is 0.938 bits per heavy atom. The number of imidazole rings is 1. The standard InChI is InChI=1S/C28H36N4/c1-28(29)19-10-3-2-7-16-25(28)23-12-5-4-6-14-24(15-11-13-23)30-20-21-32-22-31-26-17-8-9-18-27(26)32/h4-6,8-9,11-15,17-18,22,25,30H,2-3,7,10,16,19-21,29H2,1H3. The average Bonchev–Trinajstić information content (AvgIpc) is 3.19. The Kier molecular flexibility index (Phi) is 7.43. The van der Waals surface area contributed by atoms with Crippen molar-refractivity contribution in [1.82, 2.24) is 9.55 Å². The molecule has 32 heavy (non-hydrogen) atoms. The third kappa shape index (κ3) is 5.68. The van der Waals surface area contributed by atoms with Crippen molar-refractivity contribution in [3.8, 4) is 0 Å². The van der Waals surface area contributed by atoms with E-state index in [2.05, 4.69) is 88.5 Å². The molecule has 4 nitrogen and oxygen atoms in total. The number of fused-ring (bicyclic) bond motifs is 1. The fourth-order valence-corrected chi connectivity index (χ4v) is 4.88. The second kappa shape index (κ2) is 10.6. The molecule has 1 aromatic heterocycles. The van der Waals surface area contributed by atoms with E-state index in [1.165, 1.54) is 43.2 Å². The Labute approximate surface area is 192 Å². The maximum Gasteiger partial charge on any atom is 0.0958 e. The van der Waals surface area contributed by atoms with E-state index in [1.54, 1.807) is 0 Å². The highest BCUT2D eigenvalue weighted by atomic mass is 15.1. The largest absolute Gasteiger partial charge is 0.383 e. The number of para-hydroxylation sites is 2. The van der Waals surface area contributed by atoms with Gasteiger partial charge in [-0.05, 0) is 49.6 Å². The summed E-state index contributed by atoms with van der Waals surface area (Å²) in [6.45, 7) is 3.94. The van der Waals surface area contributed by atoms with Gasteiger partial charge < -0.3 is 15.6 Å². The van der Waals surface area contributed by atoms with Crippen LogP contribution in [0.15, 0.2) is 79.1 Å². The Balaban J connectivity index is 1.48. The second-order valence-electron chi connectivity index (χ2n) is 9.26. The molecule has 1 aliphatic carbocycles. The van der Waals surface area contributed by atoms with Crippen LogP contribution in [0.2, 0.25) is 0 Å². The predicted molar refractivity (Wildman–Crippen MR) is 135 cm³/mol. The fourth-order valence-electron chi connectivity index (χ4n) is 4.88. The number of anilines is 1. The molecular weight excluding hydrogens is 392 g/mol. The first-order chi connectivity index (χ1) is 15.6. The van der Waals surface area contributed by atoms with Gasteiger partial charge in [0.25, 0.3) is 0 Å². The molecule has 1 saturated carbocycles. The lowest BCUT2D eigenvalue weighted by atomic mass is 9.74. The normalized spacial score (nSPS) is 21.4. The van der Waals surface area contributed by atoms with Gasteiger partial charge in [-0.2, -0.15) is 0 Å². The summed E-state index contributed by atoms with van der Waals surface area (Å²) >= 11 is 0. The molecule has 168 valence electrons. The lowest BCUT2D eigenvalue weighted by Gasteiger charge is -2.36. The first kappa shape index (κ1) is 22.3. The van der Waals surface area contributed by atoms with Gasteiger partial charge in [-0.3, -0.25) is 0 Å². The zero-order valence-corrected chi connectivity index (χ0v) is 19.2. The Hall–Kier alpha value is -2.85. The molecule has 0 radical (unpaired) electrons. The van der Waals surface area contributed by atoms with E-state index in [-0.39, 0.29) is 5.54 Å². The first-order valence-corrected chi connectivity index (χ1v) is 12.0. The van der Waals surface area contributed by atoms with Gasteiger partial charge in [0.15, 0.2) is 0 Å². The Morgan fingerprint density at radius 3 is 2.62 bits per heavy atom. The molecule has 1 aliphatic rings. The van der Waals surface area contributed by atoms with E-state index in [0.717, 1.165) is 30.7 Å². The van der Waals surface area contributed by atoms with Crippen LogP contribution < -0.4 is 11.1 Å². The third-order valence-corrected chi connectivity index (χ3v) is 6.72. The lowest BCUT2D eigenvalue weighted by molar-refractivity contribution is 0.297. The number of benzene rings is 1. The van der Waals surface area contributed by atoms with Crippen molar-refractivity contribution in [2.45, 2.75) is 63.5 Å². The number of hydrogen-bond acceptors (Lipinski definition) is 3. The Morgan fingerprint density at radius 2 is 1.69 bits per heavy atom. The summed E-state index contributed by atoms with van der Waals surface area (Å²) in [6, 6.07) is 25.5. The molecule has 0 aliphatic heterocycles. The lowest BCUT2D eigenvalue weighted by Crippen LogP contribution is -2.43. The molecule has 2 unspecified atom stereocenters. The maximum atomic E-state index is 6.81. The van der Waals surface area contributed by atoms with Crippen LogP contribution in [0.1, 0.15) is 56.9 Å². The molecule has 2 aromatic carbocycles. The summed E-state index contributed by atoms with van der Waals surface area (Å²) in [7, 11) is 0. The van der Waals surface area contributed by atoms with Crippen LogP contribution in [0.5, 0.6) is 0 Å². The van der Waals surface area contributed by atoms with Crippen molar-refractivity contribution in [2.75, 3.05) is 11.9 Å². The quantitative estimate of drug-likeness (QED) is 0.492. The first-order valence-electron chi connectivity index (χ1n) is 12.0. The minimum Gasteiger partial charge on any atom is -0.383 e. The summed E-state index contributed by atoms with van der Waals surface area (Å²) < 4.78 is 2.19. The minimum atomic E-state index is -0.150. The van der Waals surface area contributed by atoms with E-state index in [9.17, 15) is 0 Å². The SMILES string of the molecule is CC1(N)CCCCCCC1c1cccccc(NCCn2cnc3ccccc32)ccc1. The topological polar surface area (TPSA) is 55.9 Å². The van der Waals surface area contributed by atoms with Crippen LogP contribution in [0.4, 0.5) is 5.69 Å². The molecule has 1 heterocycles. The maximum absolute atomic E-state index is 6.81. The van der Waals surface area contributed by atoms with Crippen molar-refractivity contribution in [2.24, 2.45) is 5.73 Å². The van der Waals surface area contributed by atoms with E-state index in [4.69, 9.17) is 5.73 Å². The number of nitrogens with zero attached hydrogens (tertiary/aromatic N) is 2. The number of rotatable bonds is 5. The zero-order valence-electron chi connectivity index (χ0n) is 19.2. The van der Waals surface area contributed by atoms with Gasteiger partial charge in [0, 0.05) is 30.2 Å². The van der Waals surface area contributed by atoms with Crippen LogP contribution in [0.3, 0.4) is 0 Å².